The number of nitrogens with zero attached hydrogens (tertiary/aromatic N) is 2. The summed E-state index contributed by atoms with van der Waals surface area (Å²) in [6.07, 6.45) is 5.76. The van der Waals surface area contributed by atoms with Crippen molar-refractivity contribution < 1.29 is 18.4 Å². The summed E-state index contributed by atoms with van der Waals surface area (Å²) in [5.41, 5.74) is 2.06. The van der Waals surface area contributed by atoms with Gasteiger partial charge in [0.15, 0.2) is 6.61 Å². The molecule has 26 heavy (non-hydrogen) atoms. The minimum Gasteiger partial charge on any atom is -0.466 e. The molecule has 0 fully saturated rings. The highest BCUT2D eigenvalue weighted by atomic mass is 32.1. The van der Waals surface area contributed by atoms with Gasteiger partial charge in [0.1, 0.15) is 16.4 Å². The Bertz CT molecular complexity index is 914. The van der Waals surface area contributed by atoms with Crippen LogP contribution in [0.25, 0.3) is 11.5 Å². The van der Waals surface area contributed by atoms with Crippen molar-refractivity contribution >= 4 is 17.3 Å². The van der Waals surface area contributed by atoms with Crippen molar-refractivity contribution in [3.63, 3.8) is 0 Å². The molecule has 1 aliphatic rings. The van der Waals surface area contributed by atoms with Crippen LogP contribution in [0.1, 0.15) is 56.8 Å². The number of furan rings is 1. The molecule has 0 aromatic carbocycles. The van der Waals surface area contributed by atoms with Crippen molar-refractivity contribution in [3.8, 4) is 11.5 Å². The molecular formula is C19H20N2O4S. The van der Waals surface area contributed by atoms with Crippen LogP contribution in [0, 0.1) is 13.8 Å². The maximum absolute atomic E-state index is 12.3. The lowest BCUT2D eigenvalue weighted by Crippen LogP contribution is -2.03. The molecule has 7 heteroatoms. The highest BCUT2D eigenvalue weighted by molar-refractivity contribution is 7.14. The van der Waals surface area contributed by atoms with Gasteiger partial charge in [-0.05, 0) is 57.2 Å². The van der Waals surface area contributed by atoms with E-state index in [1.165, 1.54) is 29.7 Å². The summed E-state index contributed by atoms with van der Waals surface area (Å²) >= 11 is 1.55. The Morgan fingerprint density at radius 3 is 2.81 bits per heavy atom. The zero-order chi connectivity index (χ0) is 18.1. The van der Waals surface area contributed by atoms with Gasteiger partial charge in [-0.1, -0.05) is 6.42 Å². The third-order valence-electron chi connectivity index (χ3n) is 4.51. The monoisotopic (exact) mass is 372 g/mol. The van der Waals surface area contributed by atoms with E-state index >= 15 is 0 Å². The first-order valence-electron chi connectivity index (χ1n) is 8.78. The highest BCUT2D eigenvalue weighted by Crippen LogP contribution is 2.30. The smallest absolute Gasteiger partial charge is 0.348 e. The molecule has 3 aromatic heterocycles. The van der Waals surface area contributed by atoms with Gasteiger partial charge in [0.05, 0.1) is 5.56 Å². The minimum atomic E-state index is -0.335. The number of esters is 1. The lowest BCUT2D eigenvalue weighted by atomic mass is 10.1. The van der Waals surface area contributed by atoms with Gasteiger partial charge < -0.3 is 13.6 Å². The summed E-state index contributed by atoms with van der Waals surface area (Å²) in [5, 5.41) is 7.96. The van der Waals surface area contributed by atoms with E-state index in [2.05, 4.69) is 10.2 Å². The highest BCUT2D eigenvalue weighted by Gasteiger charge is 2.19. The van der Waals surface area contributed by atoms with Gasteiger partial charge in [0.2, 0.25) is 0 Å². The molecule has 0 N–H and O–H groups in total. The van der Waals surface area contributed by atoms with Crippen LogP contribution in [0.3, 0.4) is 0 Å². The van der Waals surface area contributed by atoms with Crippen LogP contribution in [0.4, 0.5) is 0 Å². The maximum atomic E-state index is 12.3. The zero-order valence-corrected chi connectivity index (χ0v) is 15.6. The molecule has 3 aromatic rings. The van der Waals surface area contributed by atoms with Crippen LogP contribution in [0.2, 0.25) is 0 Å². The first-order chi connectivity index (χ1) is 12.6. The molecule has 0 bridgehead atoms. The summed E-state index contributed by atoms with van der Waals surface area (Å²) in [6, 6.07) is 3.82. The van der Waals surface area contributed by atoms with E-state index in [1.807, 2.05) is 26.0 Å². The fraction of sp³-hybridized carbons (Fsp3) is 0.421. The molecule has 0 aliphatic heterocycles. The Labute approximate surface area is 155 Å². The Hall–Kier alpha value is -2.41. The topological polar surface area (TPSA) is 78.4 Å². The lowest BCUT2D eigenvalue weighted by molar-refractivity contribution is 0.0444. The molecule has 3 heterocycles. The number of carbonyl (C=O) groups excluding carboxylic acids is 1. The molecule has 0 unspecified atom stereocenters. The van der Waals surface area contributed by atoms with Crippen LogP contribution in [0.5, 0.6) is 0 Å². The number of hydrogen-bond donors (Lipinski definition) is 0. The first-order valence-corrected chi connectivity index (χ1v) is 9.60. The number of aryl methyl sites for hydroxylation is 4. The maximum Gasteiger partial charge on any atom is 0.348 e. The second-order valence-electron chi connectivity index (χ2n) is 6.52. The predicted octanol–water partition coefficient (Wildman–Crippen LogP) is 4.63. The van der Waals surface area contributed by atoms with Gasteiger partial charge in [-0.3, -0.25) is 0 Å². The molecule has 0 atom stereocenters. The Morgan fingerprint density at radius 2 is 2.00 bits per heavy atom. The Kier molecular flexibility index (Phi) is 4.63. The van der Waals surface area contributed by atoms with E-state index in [1.54, 1.807) is 11.3 Å². The summed E-state index contributed by atoms with van der Waals surface area (Å²) < 4.78 is 16.4. The normalized spacial score (nSPS) is 14.1. The van der Waals surface area contributed by atoms with Crippen molar-refractivity contribution in [1.29, 1.82) is 0 Å². The number of aromatic nitrogens is 2. The number of fused-ring (bicyclic) bond motifs is 1. The van der Waals surface area contributed by atoms with E-state index in [-0.39, 0.29) is 18.5 Å². The van der Waals surface area contributed by atoms with E-state index in [0.29, 0.717) is 10.8 Å². The minimum absolute atomic E-state index is 0.0374. The van der Waals surface area contributed by atoms with Crippen molar-refractivity contribution in [3.05, 3.63) is 44.9 Å². The van der Waals surface area contributed by atoms with Gasteiger partial charge >= 0.3 is 5.97 Å². The Morgan fingerprint density at radius 1 is 1.15 bits per heavy atom. The average molecular weight is 372 g/mol. The molecule has 0 saturated carbocycles. The standard InChI is InChI=1S/C19H20N2O4S/c1-11-8-14(12(2)24-11)18-21-20-17(25-18)10-23-19(22)16-9-13-6-4-3-5-7-15(13)26-16/h8-9H,3-7,10H2,1-2H3. The SMILES string of the molecule is Cc1cc(-c2nnc(COC(=O)c3cc4c(s3)CCCCC4)o2)c(C)o1. The molecule has 0 radical (unpaired) electrons. The summed E-state index contributed by atoms with van der Waals surface area (Å²) in [6.45, 7) is 3.66. The summed E-state index contributed by atoms with van der Waals surface area (Å²) in [7, 11) is 0. The molecule has 0 amide bonds. The molecule has 6 nitrogen and oxygen atoms in total. The van der Waals surface area contributed by atoms with Crippen molar-refractivity contribution in [2.75, 3.05) is 0 Å². The van der Waals surface area contributed by atoms with Gasteiger partial charge in [0, 0.05) is 4.88 Å². The number of rotatable bonds is 4. The number of thiophene rings is 1. The van der Waals surface area contributed by atoms with Crippen LogP contribution in [-0.4, -0.2) is 16.2 Å². The van der Waals surface area contributed by atoms with Crippen molar-refractivity contribution in [1.82, 2.24) is 10.2 Å². The quantitative estimate of drug-likeness (QED) is 0.491. The predicted molar refractivity (Wildman–Crippen MR) is 96.2 cm³/mol. The second kappa shape index (κ2) is 7.07. The van der Waals surface area contributed by atoms with E-state index in [4.69, 9.17) is 13.6 Å². The largest absolute Gasteiger partial charge is 0.466 e. The van der Waals surface area contributed by atoms with Crippen LogP contribution >= 0.6 is 11.3 Å². The molecule has 1 aliphatic carbocycles. The number of hydrogen-bond acceptors (Lipinski definition) is 7. The fourth-order valence-electron chi connectivity index (χ4n) is 3.23. The average Bonchev–Trinajstić information content (AvgIpc) is 3.28. The number of carbonyl (C=O) groups is 1. The van der Waals surface area contributed by atoms with Gasteiger partial charge in [0.25, 0.3) is 11.8 Å². The van der Waals surface area contributed by atoms with E-state index in [9.17, 15) is 4.79 Å². The second-order valence-corrected chi connectivity index (χ2v) is 7.66. The van der Waals surface area contributed by atoms with Crippen LogP contribution in [-0.2, 0) is 24.2 Å². The summed E-state index contributed by atoms with van der Waals surface area (Å²) in [5.74, 6) is 1.80. The van der Waals surface area contributed by atoms with Gasteiger partial charge in [-0.2, -0.15) is 0 Å². The third kappa shape index (κ3) is 3.44. The van der Waals surface area contributed by atoms with E-state index < -0.39 is 0 Å². The molecule has 0 spiro atoms. The molecule has 4 rings (SSSR count). The van der Waals surface area contributed by atoms with Crippen LogP contribution in [0.15, 0.2) is 21.0 Å². The lowest BCUT2D eigenvalue weighted by Gasteiger charge is -1.99. The van der Waals surface area contributed by atoms with Gasteiger partial charge in [-0.25, -0.2) is 4.79 Å². The molecular weight excluding hydrogens is 352 g/mol. The fourth-order valence-corrected chi connectivity index (χ4v) is 4.38. The zero-order valence-electron chi connectivity index (χ0n) is 14.8. The Balaban J connectivity index is 1.41. The molecule has 136 valence electrons. The number of ether oxygens (including phenoxy) is 1. The van der Waals surface area contributed by atoms with Crippen molar-refractivity contribution in [2.24, 2.45) is 0 Å². The van der Waals surface area contributed by atoms with Crippen LogP contribution < -0.4 is 0 Å². The summed E-state index contributed by atoms with van der Waals surface area (Å²) in [4.78, 5) is 14.3. The van der Waals surface area contributed by atoms with Crippen molar-refractivity contribution in [2.45, 2.75) is 52.6 Å². The van der Waals surface area contributed by atoms with Gasteiger partial charge in [-0.15, -0.1) is 21.5 Å². The van der Waals surface area contributed by atoms with E-state index in [0.717, 1.165) is 29.9 Å². The molecule has 0 saturated heterocycles. The third-order valence-corrected chi connectivity index (χ3v) is 5.73. The first kappa shape index (κ1) is 17.0.